The third kappa shape index (κ3) is 4.13. The molecule has 9 heavy (non-hydrogen) atoms. The Morgan fingerprint density at radius 1 is 1.56 bits per heavy atom. The van der Waals surface area contributed by atoms with E-state index in [-0.39, 0.29) is 11.8 Å². The third-order valence-corrected chi connectivity index (χ3v) is 1.57. The van der Waals surface area contributed by atoms with E-state index < -0.39 is 6.04 Å². The van der Waals surface area contributed by atoms with E-state index in [0.717, 1.165) is 6.42 Å². The van der Waals surface area contributed by atoms with Gasteiger partial charge in [-0.3, -0.25) is 4.79 Å². The predicted molar refractivity (Wildman–Crippen MR) is 34.8 cm³/mol. The standard InChI is InChI=1S/C7H13FO/c1-4-7(2,3)5-6(8)9/h4-5H2,1-3H3. The second kappa shape index (κ2) is 2.95. The summed E-state index contributed by atoms with van der Waals surface area (Å²) >= 11 is 0. The van der Waals surface area contributed by atoms with E-state index >= 15 is 0 Å². The molecular formula is C7H13FO. The predicted octanol–water partition coefficient (Wildman–Crippen LogP) is 2.31. The summed E-state index contributed by atoms with van der Waals surface area (Å²) in [6.45, 7) is 5.71. The summed E-state index contributed by atoms with van der Waals surface area (Å²) in [6, 6.07) is -1.21. The quantitative estimate of drug-likeness (QED) is 0.538. The highest BCUT2D eigenvalue weighted by atomic mass is 19.1. The van der Waals surface area contributed by atoms with Crippen LogP contribution in [0.2, 0.25) is 0 Å². The van der Waals surface area contributed by atoms with Gasteiger partial charge in [-0.05, 0) is 5.41 Å². The van der Waals surface area contributed by atoms with Crippen molar-refractivity contribution in [2.45, 2.75) is 33.6 Å². The highest BCUT2D eigenvalue weighted by molar-refractivity contribution is 5.68. The molecule has 0 aliphatic carbocycles. The Bertz CT molecular complexity index is 107. The minimum absolute atomic E-state index is 0.0451. The molecule has 0 aromatic rings. The van der Waals surface area contributed by atoms with Crippen LogP contribution in [-0.4, -0.2) is 6.04 Å². The van der Waals surface area contributed by atoms with E-state index in [0.29, 0.717) is 0 Å². The molecule has 2 heteroatoms. The van der Waals surface area contributed by atoms with Gasteiger partial charge in [-0.1, -0.05) is 27.2 Å². The fraction of sp³-hybridized carbons (Fsp3) is 0.857. The molecular weight excluding hydrogens is 119 g/mol. The van der Waals surface area contributed by atoms with Crippen LogP contribution in [0.25, 0.3) is 0 Å². The topological polar surface area (TPSA) is 17.1 Å². The molecule has 0 amide bonds. The second-order valence-electron chi connectivity index (χ2n) is 3.05. The lowest BCUT2D eigenvalue weighted by molar-refractivity contribution is -0.131. The largest absolute Gasteiger partial charge is 0.302 e. The van der Waals surface area contributed by atoms with Gasteiger partial charge in [0.1, 0.15) is 0 Å². The van der Waals surface area contributed by atoms with Gasteiger partial charge in [-0.25, -0.2) is 0 Å². The van der Waals surface area contributed by atoms with Crippen LogP contribution in [0.1, 0.15) is 33.6 Å². The summed E-state index contributed by atoms with van der Waals surface area (Å²) in [7, 11) is 0. The van der Waals surface area contributed by atoms with Crippen LogP contribution in [0.3, 0.4) is 0 Å². The van der Waals surface area contributed by atoms with E-state index in [1.165, 1.54) is 0 Å². The number of rotatable bonds is 3. The lowest BCUT2D eigenvalue weighted by Crippen LogP contribution is -2.12. The van der Waals surface area contributed by atoms with Crippen molar-refractivity contribution in [2.75, 3.05) is 0 Å². The third-order valence-electron chi connectivity index (χ3n) is 1.57. The number of carbonyl (C=O) groups is 1. The van der Waals surface area contributed by atoms with Crippen LogP contribution in [0.4, 0.5) is 4.39 Å². The number of hydrogen-bond acceptors (Lipinski definition) is 1. The van der Waals surface area contributed by atoms with E-state index in [2.05, 4.69) is 0 Å². The van der Waals surface area contributed by atoms with Crippen molar-refractivity contribution in [3.8, 4) is 0 Å². The van der Waals surface area contributed by atoms with Crippen LogP contribution in [0, 0.1) is 5.41 Å². The molecule has 0 bridgehead atoms. The number of halogens is 1. The SMILES string of the molecule is CCC(C)(C)CC(=O)F. The van der Waals surface area contributed by atoms with Gasteiger partial charge in [0.15, 0.2) is 0 Å². The van der Waals surface area contributed by atoms with Crippen LogP contribution in [0.15, 0.2) is 0 Å². The molecule has 0 aromatic heterocycles. The van der Waals surface area contributed by atoms with Gasteiger partial charge < -0.3 is 0 Å². The van der Waals surface area contributed by atoms with Gasteiger partial charge in [-0.2, -0.15) is 4.39 Å². The first-order chi connectivity index (χ1) is 3.98. The molecule has 0 unspecified atom stereocenters. The molecule has 1 nitrogen and oxygen atoms in total. The highest BCUT2D eigenvalue weighted by Gasteiger charge is 2.18. The molecule has 54 valence electrons. The van der Waals surface area contributed by atoms with E-state index in [1.807, 2.05) is 20.8 Å². The van der Waals surface area contributed by atoms with E-state index in [4.69, 9.17) is 0 Å². The van der Waals surface area contributed by atoms with Gasteiger partial charge in [-0.15, -0.1) is 0 Å². The molecule has 0 aromatic carbocycles. The van der Waals surface area contributed by atoms with Crippen molar-refractivity contribution in [1.29, 1.82) is 0 Å². The normalized spacial score (nSPS) is 11.6. The van der Waals surface area contributed by atoms with Crippen molar-refractivity contribution >= 4 is 6.04 Å². The van der Waals surface area contributed by atoms with Crippen molar-refractivity contribution in [2.24, 2.45) is 5.41 Å². The van der Waals surface area contributed by atoms with E-state index in [1.54, 1.807) is 0 Å². The van der Waals surface area contributed by atoms with Crippen LogP contribution < -0.4 is 0 Å². The Kier molecular flexibility index (Phi) is 2.82. The van der Waals surface area contributed by atoms with Crippen LogP contribution >= 0.6 is 0 Å². The first-order valence-corrected chi connectivity index (χ1v) is 3.16. The van der Waals surface area contributed by atoms with Gasteiger partial charge >= 0.3 is 6.04 Å². The minimum atomic E-state index is -1.21. The molecule has 0 heterocycles. The number of carbonyl (C=O) groups excluding carboxylic acids is 1. The summed E-state index contributed by atoms with van der Waals surface area (Å²) in [5, 5.41) is 0. The summed E-state index contributed by atoms with van der Waals surface area (Å²) in [6.07, 6.45) is 0.881. The lowest BCUT2D eigenvalue weighted by atomic mass is 9.87. The minimum Gasteiger partial charge on any atom is -0.261 e. The molecule has 0 radical (unpaired) electrons. The Morgan fingerprint density at radius 3 is 2.11 bits per heavy atom. The molecule has 0 rings (SSSR count). The van der Waals surface area contributed by atoms with Gasteiger partial charge in [0.2, 0.25) is 0 Å². The maximum absolute atomic E-state index is 11.7. The zero-order chi connectivity index (χ0) is 7.49. The van der Waals surface area contributed by atoms with Crippen molar-refractivity contribution < 1.29 is 9.18 Å². The zero-order valence-corrected chi connectivity index (χ0v) is 6.20. The molecule has 0 aliphatic heterocycles. The van der Waals surface area contributed by atoms with Gasteiger partial charge in [0, 0.05) is 6.42 Å². The second-order valence-corrected chi connectivity index (χ2v) is 3.05. The molecule has 0 fully saturated rings. The Labute approximate surface area is 55.3 Å². The van der Waals surface area contributed by atoms with E-state index in [9.17, 15) is 9.18 Å². The van der Waals surface area contributed by atoms with Gasteiger partial charge in [0.25, 0.3) is 0 Å². The summed E-state index contributed by atoms with van der Waals surface area (Å²) in [4.78, 5) is 9.95. The Morgan fingerprint density at radius 2 is 2.00 bits per heavy atom. The molecule has 0 aliphatic rings. The fourth-order valence-corrected chi connectivity index (χ4v) is 0.501. The van der Waals surface area contributed by atoms with Crippen LogP contribution in [0.5, 0.6) is 0 Å². The molecule has 0 spiro atoms. The number of hydrogen-bond donors (Lipinski definition) is 0. The molecule has 0 saturated carbocycles. The maximum Gasteiger partial charge on any atom is 0.302 e. The Hall–Kier alpha value is -0.400. The summed E-state index contributed by atoms with van der Waals surface area (Å²) < 4.78 is 11.7. The highest BCUT2D eigenvalue weighted by Crippen LogP contribution is 2.24. The average molecular weight is 132 g/mol. The zero-order valence-electron chi connectivity index (χ0n) is 6.20. The van der Waals surface area contributed by atoms with Gasteiger partial charge in [0.05, 0.1) is 0 Å². The van der Waals surface area contributed by atoms with Crippen LogP contribution in [-0.2, 0) is 4.79 Å². The van der Waals surface area contributed by atoms with Crippen molar-refractivity contribution in [3.63, 3.8) is 0 Å². The first kappa shape index (κ1) is 8.60. The fourth-order valence-electron chi connectivity index (χ4n) is 0.501. The smallest absolute Gasteiger partial charge is 0.261 e. The monoisotopic (exact) mass is 132 g/mol. The Balaban J connectivity index is 3.71. The average Bonchev–Trinajstić information content (AvgIpc) is 1.63. The van der Waals surface area contributed by atoms with Crippen molar-refractivity contribution in [3.05, 3.63) is 0 Å². The molecule has 0 N–H and O–H groups in total. The first-order valence-electron chi connectivity index (χ1n) is 3.16. The molecule has 0 atom stereocenters. The maximum atomic E-state index is 11.7. The lowest BCUT2D eigenvalue weighted by Gasteiger charge is -2.18. The summed E-state index contributed by atoms with van der Waals surface area (Å²) in [5.41, 5.74) is -0.161. The van der Waals surface area contributed by atoms with Crippen molar-refractivity contribution in [1.82, 2.24) is 0 Å². The molecule has 0 saturated heterocycles. The summed E-state index contributed by atoms with van der Waals surface area (Å²) in [5.74, 6) is 0.